The number of ether oxygens (including phenoxy) is 1. The van der Waals surface area contributed by atoms with Gasteiger partial charge < -0.3 is 9.64 Å². The number of amides is 1. The average molecular weight is 406 g/mol. The predicted molar refractivity (Wildman–Crippen MR) is 112 cm³/mol. The van der Waals surface area contributed by atoms with Crippen molar-refractivity contribution in [2.75, 3.05) is 13.9 Å². The lowest BCUT2D eigenvalue weighted by Crippen LogP contribution is -2.26. The zero-order valence-electron chi connectivity index (χ0n) is 16.4. The summed E-state index contributed by atoms with van der Waals surface area (Å²) >= 11 is 0. The molecule has 0 aliphatic carbocycles. The Bertz CT molecular complexity index is 1130. The van der Waals surface area contributed by atoms with E-state index >= 15 is 0 Å². The number of rotatable bonds is 6. The molecule has 0 bridgehead atoms. The molecule has 4 nitrogen and oxygen atoms in total. The van der Waals surface area contributed by atoms with E-state index in [1.165, 1.54) is 18.2 Å². The van der Waals surface area contributed by atoms with Crippen molar-refractivity contribution in [2.24, 2.45) is 4.99 Å². The van der Waals surface area contributed by atoms with Gasteiger partial charge in [0.25, 0.3) is 5.91 Å². The number of halogens is 2. The fraction of sp³-hybridized carbons (Fsp3) is 0.167. The maximum atomic E-state index is 13.6. The monoisotopic (exact) mass is 406 g/mol. The Balaban J connectivity index is 1.59. The first-order chi connectivity index (χ1) is 14.6. The van der Waals surface area contributed by atoms with Gasteiger partial charge >= 0.3 is 0 Å². The summed E-state index contributed by atoms with van der Waals surface area (Å²) in [5.41, 5.74) is 4.67. The van der Waals surface area contributed by atoms with Crippen LogP contribution in [0.15, 0.2) is 65.7 Å². The van der Waals surface area contributed by atoms with E-state index in [4.69, 9.17) is 4.74 Å². The van der Waals surface area contributed by atoms with E-state index in [-0.39, 0.29) is 11.7 Å². The van der Waals surface area contributed by atoms with Crippen LogP contribution in [0.5, 0.6) is 5.75 Å². The van der Waals surface area contributed by atoms with Crippen molar-refractivity contribution in [3.05, 3.63) is 88.7 Å². The van der Waals surface area contributed by atoms with Gasteiger partial charge in [0.2, 0.25) is 6.86 Å². The van der Waals surface area contributed by atoms with Crippen molar-refractivity contribution >= 4 is 12.1 Å². The minimum absolute atomic E-state index is 0.191. The number of aliphatic imine (C=N–C) groups is 1. The summed E-state index contributed by atoms with van der Waals surface area (Å²) in [6.07, 6.45) is 1.84. The Labute approximate surface area is 173 Å². The van der Waals surface area contributed by atoms with Gasteiger partial charge in [-0.2, -0.15) is 0 Å². The lowest BCUT2D eigenvalue weighted by Gasteiger charge is -2.20. The molecule has 0 radical (unpaired) electrons. The van der Waals surface area contributed by atoms with Crippen LogP contribution in [0.3, 0.4) is 0 Å². The highest BCUT2D eigenvalue weighted by molar-refractivity contribution is 5.95. The molecule has 30 heavy (non-hydrogen) atoms. The number of carbonyl (C=O) groups is 1. The van der Waals surface area contributed by atoms with Gasteiger partial charge in [-0.25, -0.2) is 8.78 Å². The highest BCUT2D eigenvalue weighted by atomic mass is 19.1. The first kappa shape index (κ1) is 19.8. The lowest BCUT2D eigenvalue weighted by atomic mass is 10.0. The number of carbonyl (C=O) groups excluding carboxylic acids is 1. The molecule has 0 saturated heterocycles. The van der Waals surface area contributed by atoms with E-state index in [1.807, 2.05) is 24.4 Å². The van der Waals surface area contributed by atoms with Crippen LogP contribution in [-0.2, 0) is 13.1 Å². The Morgan fingerprint density at radius 3 is 2.77 bits per heavy atom. The summed E-state index contributed by atoms with van der Waals surface area (Å²) in [7, 11) is 1.72. The fourth-order valence-corrected chi connectivity index (χ4v) is 3.63. The summed E-state index contributed by atoms with van der Waals surface area (Å²) in [5, 5.41) is 0. The van der Waals surface area contributed by atoms with Crippen LogP contribution in [0.2, 0.25) is 0 Å². The topological polar surface area (TPSA) is 41.9 Å². The first-order valence-corrected chi connectivity index (χ1v) is 9.51. The largest absolute Gasteiger partial charge is 0.462 e. The van der Waals surface area contributed by atoms with E-state index in [9.17, 15) is 13.6 Å². The van der Waals surface area contributed by atoms with Gasteiger partial charge in [0.1, 0.15) is 11.6 Å². The number of benzene rings is 3. The van der Waals surface area contributed by atoms with Crippen molar-refractivity contribution in [3.8, 4) is 16.9 Å². The number of alkyl halides is 1. The van der Waals surface area contributed by atoms with Gasteiger partial charge in [0.05, 0.1) is 6.54 Å². The van der Waals surface area contributed by atoms with E-state index < -0.39 is 12.7 Å². The first-order valence-electron chi connectivity index (χ1n) is 9.51. The van der Waals surface area contributed by atoms with E-state index in [2.05, 4.69) is 4.99 Å². The average Bonchev–Trinajstić information content (AvgIpc) is 3.23. The third kappa shape index (κ3) is 3.94. The highest BCUT2D eigenvalue weighted by Crippen LogP contribution is 2.32. The summed E-state index contributed by atoms with van der Waals surface area (Å²) < 4.78 is 31.7. The maximum Gasteiger partial charge on any atom is 0.254 e. The van der Waals surface area contributed by atoms with Crippen LogP contribution < -0.4 is 4.74 Å². The molecule has 1 amide bonds. The summed E-state index contributed by atoms with van der Waals surface area (Å²) in [6.45, 7) is -0.00732. The molecule has 0 unspecified atom stereocenters. The highest BCUT2D eigenvalue weighted by Gasteiger charge is 2.18. The molecule has 3 aromatic rings. The Hall–Kier alpha value is -3.54. The van der Waals surface area contributed by atoms with Crippen LogP contribution in [-0.4, -0.2) is 30.9 Å². The number of hydrogen-bond donors (Lipinski definition) is 0. The van der Waals surface area contributed by atoms with Crippen molar-refractivity contribution in [2.45, 2.75) is 13.1 Å². The molecule has 1 aliphatic heterocycles. The second-order valence-electron chi connectivity index (χ2n) is 7.09. The number of fused-ring (bicyclic) bond motifs is 1. The smallest absolute Gasteiger partial charge is 0.254 e. The molecule has 1 aliphatic rings. The quantitative estimate of drug-likeness (QED) is 0.578. The molecule has 0 N–H and O–H groups in total. The van der Waals surface area contributed by atoms with Crippen molar-refractivity contribution in [1.82, 2.24) is 4.90 Å². The Kier molecular flexibility index (Phi) is 5.57. The third-order valence-corrected chi connectivity index (χ3v) is 5.12. The molecule has 0 spiro atoms. The molecule has 0 atom stereocenters. The van der Waals surface area contributed by atoms with Crippen molar-refractivity contribution in [1.29, 1.82) is 0 Å². The normalized spacial score (nSPS) is 12.0. The van der Waals surface area contributed by atoms with Gasteiger partial charge in [-0.3, -0.25) is 9.79 Å². The van der Waals surface area contributed by atoms with Crippen LogP contribution in [0.25, 0.3) is 11.1 Å². The Morgan fingerprint density at radius 2 is 1.97 bits per heavy atom. The summed E-state index contributed by atoms with van der Waals surface area (Å²) in [6, 6.07) is 16.7. The third-order valence-electron chi connectivity index (χ3n) is 5.12. The van der Waals surface area contributed by atoms with Crippen LogP contribution in [0.4, 0.5) is 8.78 Å². The molecule has 6 heteroatoms. The summed E-state index contributed by atoms with van der Waals surface area (Å²) in [5.74, 6) is -0.435. The molecular formula is C24H20F2N2O2. The molecule has 152 valence electrons. The zero-order chi connectivity index (χ0) is 21.1. The number of nitrogens with zero attached hydrogens (tertiary/aromatic N) is 2. The molecule has 3 aromatic carbocycles. The molecule has 1 heterocycles. The van der Waals surface area contributed by atoms with Gasteiger partial charge in [0.15, 0.2) is 0 Å². The van der Waals surface area contributed by atoms with Gasteiger partial charge in [0, 0.05) is 30.9 Å². The Morgan fingerprint density at radius 1 is 1.13 bits per heavy atom. The van der Waals surface area contributed by atoms with E-state index in [0.29, 0.717) is 29.8 Å². The van der Waals surface area contributed by atoms with Crippen molar-refractivity contribution in [3.63, 3.8) is 0 Å². The fourth-order valence-electron chi connectivity index (χ4n) is 3.63. The number of hydrogen-bond acceptors (Lipinski definition) is 3. The second kappa shape index (κ2) is 8.45. The SMILES string of the molecule is CN(Cc1cccc2c1CN=C2)C(=O)c1ccc(-c2cccc(F)c2)c(OCF)c1. The van der Waals surface area contributed by atoms with E-state index in [1.54, 1.807) is 36.2 Å². The predicted octanol–water partition coefficient (Wildman–Crippen LogP) is 5.00. The van der Waals surface area contributed by atoms with Gasteiger partial charge in [-0.1, -0.05) is 30.3 Å². The maximum absolute atomic E-state index is 13.6. The summed E-state index contributed by atoms with van der Waals surface area (Å²) in [4.78, 5) is 18.9. The van der Waals surface area contributed by atoms with Gasteiger partial charge in [-0.15, -0.1) is 0 Å². The zero-order valence-corrected chi connectivity index (χ0v) is 16.4. The van der Waals surface area contributed by atoms with E-state index in [0.717, 1.165) is 16.7 Å². The molecule has 0 fully saturated rings. The molecular weight excluding hydrogens is 386 g/mol. The van der Waals surface area contributed by atoms with Crippen molar-refractivity contribution < 1.29 is 18.3 Å². The minimum Gasteiger partial charge on any atom is -0.462 e. The second-order valence-corrected chi connectivity index (χ2v) is 7.09. The van der Waals surface area contributed by atoms with Crippen LogP contribution in [0.1, 0.15) is 27.0 Å². The molecule has 4 rings (SSSR count). The van der Waals surface area contributed by atoms with Gasteiger partial charge in [-0.05, 0) is 52.6 Å². The molecule has 0 saturated carbocycles. The standard InChI is InChI=1S/C24H20F2N2O2/c1-28(14-19-6-2-5-18-12-27-13-22(18)19)24(29)17-8-9-21(23(11-17)30-15-25)16-4-3-7-20(26)10-16/h2-12H,13-15H2,1H3. The van der Waals surface area contributed by atoms with Crippen LogP contribution in [0, 0.1) is 5.82 Å². The lowest BCUT2D eigenvalue weighted by molar-refractivity contribution is 0.0784. The minimum atomic E-state index is -1.05. The molecule has 0 aromatic heterocycles. The van der Waals surface area contributed by atoms with Crippen LogP contribution >= 0.6 is 0 Å².